The lowest BCUT2D eigenvalue weighted by molar-refractivity contribution is 0.618. The van der Waals surface area contributed by atoms with Crippen LogP contribution in [0.2, 0.25) is 0 Å². The van der Waals surface area contributed by atoms with Gasteiger partial charge in [0, 0.05) is 0 Å². The van der Waals surface area contributed by atoms with Crippen LogP contribution in [0.3, 0.4) is 0 Å². The summed E-state index contributed by atoms with van der Waals surface area (Å²) in [5, 5.41) is 0. The van der Waals surface area contributed by atoms with E-state index in [2.05, 4.69) is 47.1 Å². The fourth-order valence-corrected chi connectivity index (χ4v) is 2.59. The maximum Gasteiger partial charge on any atom is 0.138 e. The third kappa shape index (κ3) is 3.57. The minimum Gasteiger partial charge on any atom is -0.206 e. The molecule has 2 rings (SSSR count). The van der Waals surface area contributed by atoms with Gasteiger partial charge in [-0.3, -0.25) is 0 Å². The molecule has 0 saturated heterocycles. The topological polar surface area (TPSA) is 0 Å². The Bertz CT molecular complexity index is 612. The average Bonchev–Trinajstić information content (AvgIpc) is 2.48. The largest absolute Gasteiger partial charge is 0.206 e. The molecule has 104 valence electrons. The van der Waals surface area contributed by atoms with E-state index >= 15 is 0 Å². The highest BCUT2D eigenvalue weighted by Crippen LogP contribution is 2.24. The van der Waals surface area contributed by atoms with E-state index in [1.165, 1.54) is 5.56 Å². The first kappa shape index (κ1) is 15.0. The molecular weight excluding hydrogens is 315 g/mol. The molecule has 0 N–H and O–H groups in total. The molecular formula is C18H18BrF. The molecule has 0 bridgehead atoms. The van der Waals surface area contributed by atoms with Crippen molar-refractivity contribution in [2.24, 2.45) is 0 Å². The second kappa shape index (κ2) is 6.85. The van der Waals surface area contributed by atoms with Crippen molar-refractivity contribution >= 4 is 28.1 Å². The Kier molecular flexibility index (Phi) is 5.13. The molecule has 0 unspecified atom stereocenters. The van der Waals surface area contributed by atoms with Crippen LogP contribution >= 0.6 is 15.9 Å². The first-order chi connectivity index (χ1) is 9.63. The lowest BCUT2D eigenvalue weighted by Gasteiger charge is -2.05. The van der Waals surface area contributed by atoms with Gasteiger partial charge in [-0.05, 0) is 57.1 Å². The van der Waals surface area contributed by atoms with Crippen LogP contribution in [0.15, 0.2) is 40.9 Å². The summed E-state index contributed by atoms with van der Waals surface area (Å²) < 4.78 is 14.3. The van der Waals surface area contributed by atoms with Crippen molar-refractivity contribution in [1.82, 2.24) is 0 Å². The highest BCUT2D eigenvalue weighted by atomic mass is 79.9. The third-order valence-electron chi connectivity index (χ3n) is 3.36. The van der Waals surface area contributed by atoms with Crippen molar-refractivity contribution in [3.8, 4) is 0 Å². The van der Waals surface area contributed by atoms with Gasteiger partial charge in [-0.1, -0.05) is 56.3 Å². The summed E-state index contributed by atoms with van der Waals surface area (Å²) in [5.74, 6) is -0.203. The molecule has 0 fully saturated rings. The zero-order valence-corrected chi connectivity index (χ0v) is 13.4. The number of halogens is 2. The van der Waals surface area contributed by atoms with Gasteiger partial charge in [-0.2, -0.15) is 0 Å². The van der Waals surface area contributed by atoms with Crippen LogP contribution in [-0.4, -0.2) is 0 Å². The van der Waals surface area contributed by atoms with Gasteiger partial charge in [0.1, 0.15) is 5.82 Å². The minimum absolute atomic E-state index is 0.203. The van der Waals surface area contributed by atoms with Gasteiger partial charge in [0.15, 0.2) is 0 Å². The second-order valence-corrected chi connectivity index (χ2v) is 5.55. The lowest BCUT2D eigenvalue weighted by atomic mass is 10.1. The molecule has 0 atom stereocenters. The molecule has 0 radical (unpaired) electrons. The second-order valence-electron chi connectivity index (χ2n) is 4.76. The summed E-state index contributed by atoms with van der Waals surface area (Å²) in [6.07, 6.45) is 5.82. The Morgan fingerprint density at radius 1 is 0.950 bits per heavy atom. The molecule has 0 saturated carbocycles. The van der Waals surface area contributed by atoms with E-state index in [-0.39, 0.29) is 5.82 Å². The van der Waals surface area contributed by atoms with E-state index in [4.69, 9.17) is 0 Å². The zero-order valence-electron chi connectivity index (χ0n) is 11.8. The SMILES string of the molecule is CCc1ccc(/C=C/c2cc(F)c(Br)c(CC)c2)cc1. The number of benzene rings is 2. The van der Waals surface area contributed by atoms with Crippen LogP contribution in [0, 0.1) is 5.82 Å². The average molecular weight is 333 g/mol. The van der Waals surface area contributed by atoms with Crippen LogP contribution in [-0.2, 0) is 12.8 Å². The maximum atomic E-state index is 13.8. The monoisotopic (exact) mass is 332 g/mol. The Balaban J connectivity index is 2.24. The smallest absolute Gasteiger partial charge is 0.138 e. The van der Waals surface area contributed by atoms with Crippen molar-refractivity contribution in [1.29, 1.82) is 0 Å². The van der Waals surface area contributed by atoms with Gasteiger partial charge < -0.3 is 0 Å². The summed E-state index contributed by atoms with van der Waals surface area (Å²) in [4.78, 5) is 0. The number of hydrogen-bond donors (Lipinski definition) is 0. The molecule has 0 aromatic heterocycles. The molecule has 0 amide bonds. The highest BCUT2D eigenvalue weighted by Gasteiger charge is 2.05. The van der Waals surface area contributed by atoms with Gasteiger partial charge >= 0.3 is 0 Å². The summed E-state index contributed by atoms with van der Waals surface area (Å²) in [5.41, 5.74) is 4.33. The fraction of sp³-hybridized carbons (Fsp3) is 0.222. The van der Waals surface area contributed by atoms with E-state index in [1.807, 2.05) is 25.1 Å². The molecule has 2 aromatic rings. The van der Waals surface area contributed by atoms with Crippen LogP contribution < -0.4 is 0 Å². The zero-order chi connectivity index (χ0) is 14.5. The van der Waals surface area contributed by atoms with Crippen molar-refractivity contribution < 1.29 is 4.39 Å². The predicted molar refractivity (Wildman–Crippen MR) is 88.2 cm³/mol. The quantitative estimate of drug-likeness (QED) is 0.613. The van der Waals surface area contributed by atoms with Gasteiger partial charge in [0.25, 0.3) is 0 Å². The number of aryl methyl sites for hydroxylation is 2. The first-order valence-electron chi connectivity index (χ1n) is 6.89. The third-order valence-corrected chi connectivity index (χ3v) is 4.25. The van der Waals surface area contributed by atoms with Gasteiger partial charge in [0.2, 0.25) is 0 Å². The maximum absolute atomic E-state index is 13.8. The fourth-order valence-electron chi connectivity index (χ4n) is 2.08. The standard InChI is InChI=1S/C18H18BrF/c1-3-13-5-7-14(8-6-13)9-10-15-11-16(4-2)18(19)17(20)12-15/h5-12H,3-4H2,1-2H3/b10-9+. The van der Waals surface area contributed by atoms with Gasteiger partial charge in [-0.25, -0.2) is 4.39 Å². The number of rotatable bonds is 4. The number of hydrogen-bond acceptors (Lipinski definition) is 0. The Hall–Kier alpha value is -1.41. The van der Waals surface area contributed by atoms with Crippen molar-refractivity contribution in [2.75, 3.05) is 0 Å². The van der Waals surface area contributed by atoms with Crippen LogP contribution in [0.1, 0.15) is 36.1 Å². The van der Waals surface area contributed by atoms with E-state index in [9.17, 15) is 4.39 Å². The van der Waals surface area contributed by atoms with Gasteiger partial charge in [-0.15, -0.1) is 0 Å². The van der Waals surface area contributed by atoms with Crippen molar-refractivity contribution in [3.05, 3.63) is 68.9 Å². The lowest BCUT2D eigenvalue weighted by Crippen LogP contribution is -1.89. The van der Waals surface area contributed by atoms with Crippen LogP contribution in [0.25, 0.3) is 12.2 Å². The Labute approximate surface area is 128 Å². The minimum atomic E-state index is -0.203. The van der Waals surface area contributed by atoms with Crippen molar-refractivity contribution in [3.63, 3.8) is 0 Å². The van der Waals surface area contributed by atoms with Gasteiger partial charge in [0.05, 0.1) is 4.47 Å². The van der Waals surface area contributed by atoms with E-state index in [0.29, 0.717) is 4.47 Å². The molecule has 0 spiro atoms. The summed E-state index contributed by atoms with van der Waals surface area (Å²) in [6.45, 7) is 4.16. The van der Waals surface area contributed by atoms with Crippen LogP contribution in [0.5, 0.6) is 0 Å². The summed E-state index contributed by atoms with van der Waals surface area (Å²) >= 11 is 3.29. The summed E-state index contributed by atoms with van der Waals surface area (Å²) in [6, 6.07) is 12.0. The molecule has 0 nitrogen and oxygen atoms in total. The normalized spacial score (nSPS) is 11.2. The molecule has 0 heterocycles. The van der Waals surface area contributed by atoms with Crippen molar-refractivity contribution in [2.45, 2.75) is 26.7 Å². The van der Waals surface area contributed by atoms with E-state index in [0.717, 1.165) is 29.5 Å². The molecule has 0 aliphatic heterocycles. The molecule has 2 aromatic carbocycles. The molecule has 20 heavy (non-hydrogen) atoms. The summed E-state index contributed by atoms with van der Waals surface area (Å²) in [7, 11) is 0. The van der Waals surface area contributed by atoms with E-state index < -0.39 is 0 Å². The highest BCUT2D eigenvalue weighted by molar-refractivity contribution is 9.10. The molecule has 0 aliphatic rings. The van der Waals surface area contributed by atoms with E-state index in [1.54, 1.807) is 6.07 Å². The first-order valence-corrected chi connectivity index (χ1v) is 7.68. The molecule has 0 aliphatic carbocycles. The Morgan fingerprint density at radius 2 is 1.60 bits per heavy atom. The Morgan fingerprint density at radius 3 is 2.20 bits per heavy atom. The predicted octanol–water partition coefficient (Wildman–Crippen LogP) is 5.88. The molecule has 2 heteroatoms. The van der Waals surface area contributed by atoms with Crippen LogP contribution in [0.4, 0.5) is 4.39 Å².